The van der Waals surface area contributed by atoms with Crippen molar-refractivity contribution in [2.45, 2.75) is 51.2 Å². The molecule has 1 fully saturated rings. The van der Waals surface area contributed by atoms with Gasteiger partial charge in [0.2, 0.25) is 5.69 Å². The zero-order valence-corrected chi connectivity index (χ0v) is 16.8. The number of nitrogens with one attached hydrogen (secondary N) is 2. The summed E-state index contributed by atoms with van der Waals surface area (Å²) >= 11 is 0. The fourth-order valence-corrected chi connectivity index (χ4v) is 2.94. The topological polar surface area (TPSA) is 116 Å². The number of nitriles is 1. The number of pyridine rings is 1. The third-order valence-electron chi connectivity index (χ3n) is 4.36. The summed E-state index contributed by atoms with van der Waals surface area (Å²) < 4.78 is 5.89. The van der Waals surface area contributed by atoms with E-state index in [-0.39, 0.29) is 17.7 Å². The number of rotatable bonds is 5. The molecule has 0 amide bonds. The predicted molar refractivity (Wildman–Crippen MR) is 110 cm³/mol. The van der Waals surface area contributed by atoms with Crippen LogP contribution in [0.1, 0.15) is 50.8 Å². The summed E-state index contributed by atoms with van der Waals surface area (Å²) in [4.78, 5) is 12.9. The summed E-state index contributed by atoms with van der Waals surface area (Å²) in [5.74, 6) is 6.91. The average molecular weight is 392 g/mol. The highest BCUT2D eigenvalue weighted by molar-refractivity contribution is 5.65. The number of hydrogen-bond donors (Lipinski definition) is 3. The van der Waals surface area contributed by atoms with Crippen LogP contribution in [0.2, 0.25) is 0 Å². The van der Waals surface area contributed by atoms with Crippen LogP contribution < -0.4 is 15.4 Å². The predicted octanol–water partition coefficient (Wildman–Crippen LogP) is 2.97. The maximum Gasteiger partial charge on any atom is 0.253 e. The molecule has 8 nitrogen and oxygen atoms in total. The molecule has 0 atom stereocenters. The summed E-state index contributed by atoms with van der Waals surface area (Å²) in [7, 11) is 1.78. The largest absolute Gasteiger partial charge is 0.472 e. The maximum absolute atomic E-state index is 9.79. The second-order valence-corrected chi connectivity index (χ2v) is 7.34. The lowest BCUT2D eigenvalue weighted by Crippen LogP contribution is -2.14. The van der Waals surface area contributed by atoms with Gasteiger partial charge in [-0.15, -0.1) is 0 Å². The Kier molecular flexibility index (Phi) is 6.16. The van der Waals surface area contributed by atoms with Gasteiger partial charge in [-0.05, 0) is 39.5 Å². The van der Waals surface area contributed by atoms with Crippen LogP contribution in [0.3, 0.4) is 0 Å². The Morgan fingerprint density at radius 3 is 2.62 bits per heavy atom. The van der Waals surface area contributed by atoms with E-state index in [0.717, 1.165) is 31.4 Å². The molecule has 29 heavy (non-hydrogen) atoms. The van der Waals surface area contributed by atoms with E-state index < -0.39 is 5.60 Å². The lowest BCUT2D eigenvalue weighted by atomic mass is 10.1. The Hall–Kier alpha value is -3.36. The Balaban J connectivity index is 1.81. The molecule has 0 aliphatic heterocycles. The first-order chi connectivity index (χ1) is 13.9. The Labute approximate surface area is 170 Å². The van der Waals surface area contributed by atoms with Gasteiger partial charge in [-0.2, -0.15) is 10.2 Å². The van der Waals surface area contributed by atoms with E-state index in [2.05, 4.69) is 37.4 Å². The summed E-state index contributed by atoms with van der Waals surface area (Å²) in [5.41, 5.74) is 0.499. The molecule has 1 aliphatic rings. The van der Waals surface area contributed by atoms with E-state index in [0.29, 0.717) is 17.2 Å². The summed E-state index contributed by atoms with van der Waals surface area (Å²) in [6.45, 7) is 3.24. The van der Waals surface area contributed by atoms with Crippen LogP contribution in [0.5, 0.6) is 5.88 Å². The van der Waals surface area contributed by atoms with Crippen molar-refractivity contribution in [3.05, 3.63) is 29.7 Å². The zero-order valence-electron chi connectivity index (χ0n) is 16.8. The monoisotopic (exact) mass is 392 g/mol. The van der Waals surface area contributed by atoms with Crippen molar-refractivity contribution >= 4 is 17.3 Å². The van der Waals surface area contributed by atoms with Crippen LogP contribution in [0.15, 0.2) is 18.5 Å². The molecule has 3 N–H and O–H groups in total. The molecule has 1 aliphatic carbocycles. The minimum absolute atomic E-state index is 0.0781. The number of aliphatic hydroxyl groups is 1. The summed E-state index contributed by atoms with van der Waals surface area (Å²) in [5, 5.41) is 25.2. The van der Waals surface area contributed by atoms with Gasteiger partial charge in [0.15, 0.2) is 5.82 Å². The maximum atomic E-state index is 9.79. The molecule has 2 aromatic rings. The summed E-state index contributed by atoms with van der Waals surface area (Å²) in [6.07, 6.45) is 7.33. The molecule has 150 valence electrons. The molecular formula is C21H24N6O2. The number of ether oxygens (including phenoxy) is 1. The number of aromatic nitrogens is 3. The van der Waals surface area contributed by atoms with E-state index in [1.165, 1.54) is 6.20 Å². The van der Waals surface area contributed by atoms with Gasteiger partial charge in [-0.1, -0.05) is 11.8 Å². The van der Waals surface area contributed by atoms with E-state index in [9.17, 15) is 10.4 Å². The van der Waals surface area contributed by atoms with Crippen molar-refractivity contribution in [1.29, 1.82) is 5.26 Å². The quantitative estimate of drug-likeness (QED) is 0.665. The van der Waals surface area contributed by atoms with Gasteiger partial charge in [0.05, 0.1) is 17.4 Å². The number of hydrogen-bond acceptors (Lipinski definition) is 8. The van der Waals surface area contributed by atoms with Crippen LogP contribution in [-0.4, -0.2) is 38.8 Å². The third kappa shape index (κ3) is 5.56. The Bertz CT molecular complexity index is 975. The van der Waals surface area contributed by atoms with Crippen LogP contribution in [0.4, 0.5) is 17.3 Å². The standard InChI is InChI=1S/C21H24N6O2/c1-21(2,28)9-8-14-12-25-18(10-16(14)23-3)26-19-13-24-17(11-22)20(27-19)29-15-6-4-5-7-15/h10,12-13,15,28H,4-7H2,1-3H3,(H2,23,25,26,27). The molecule has 0 radical (unpaired) electrons. The normalized spacial score (nSPS) is 13.9. The molecule has 0 saturated heterocycles. The van der Waals surface area contributed by atoms with Crippen molar-refractivity contribution in [1.82, 2.24) is 15.0 Å². The number of nitrogens with zero attached hydrogens (tertiary/aromatic N) is 4. The van der Waals surface area contributed by atoms with Gasteiger partial charge in [0.25, 0.3) is 5.88 Å². The molecule has 0 unspecified atom stereocenters. The average Bonchev–Trinajstić information content (AvgIpc) is 3.19. The molecular weight excluding hydrogens is 368 g/mol. The Morgan fingerprint density at radius 2 is 1.97 bits per heavy atom. The van der Waals surface area contributed by atoms with Gasteiger partial charge < -0.3 is 20.5 Å². The first kappa shape index (κ1) is 20.4. The number of anilines is 3. The first-order valence-corrected chi connectivity index (χ1v) is 9.52. The van der Waals surface area contributed by atoms with Gasteiger partial charge >= 0.3 is 0 Å². The lowest BCUT2D eigenvalue weighted by molar-refractivity contribution is 0.143. The highest BCUT2D eigenvalue weighted by Gasteiger charge is 2.20. The highest BCUT2D eigenvalue weighted by Crippen LogP contribution is 2.26. The Morgan fingerprint density at radius 1 is 1.21 bits per heavy atom. The van der Waals surface area contributed by atoms with E-state index in [4.69, 9.17) is 4.74 Å². The van der Waals surface area contributed by atoms with Crippen molar-refractivity contribution in [2.75, 3.05) is 17.7 Å². The van der Waals surface area contributed by atoms with Gasteiger partial charge in [-0.3, -0.25) is 0 Å². The second-order valence-electron chi connectivity index (χ2n) is 7.34. The fraction of sp³-hybridized carbons (Fsp3) is 0.429. The molecule has 3 rings (SSSR count). The van der Waals surface area contributed by atoms with Gasteiger partial charge in [-0.25, -0.2) is 9.97 Å². The molecule has 1 saturated carbocycles. The first-order valence-electron chi connectivity index (χ1n) is 9.52. The van der Waals surface area contributed by atoms with E-state index in [1.54, 1.807) is 33.2 Å². The van der Waals surface area contributed by atoms with Crippen molar-refractivity contribution < 1.29 is 9.84 Å². The van der Waals surface area contributed by atoms with Crippen molar-refractivity contribution in [2.24, 2.45) is 0 Å². The minimum atomic E-state index is -1.09. The van der Waals surface area contributed by atoms with Crippen LogP contribution in [-0.2, 0) is 0 Å². The molecule has 8 heteroatoms. The molecule has 0 aromatic carbocycles. The lowest BCUT2D eigenvalue weighted by Gasteiger charge is -2.14. The van der Waals surface area contributed by atoms with Crippen molar-refractivity contribution in [3.8, 4) is 23.8 Å². The fourth-order valence-electron chi connectivity index (χ4n) is 2.94. The minimum Gasteiger partial charge on any atom is -0.472 e. The van der Waals surface area contributed by atoms with E-state index in [1.807, 2.05) is 6.07 Å². The zero-order chi connectivity index (χ0) is 20.9. The van der Waals surface area contributed by atoms with E-state index >= 15 is 0 Å². The van der Waals surface area contributed by atoms with Gasteiger partial charge in [0.1, 0.15) is 23.6 Å². The highest BCUT2D eigenvalue weighted by atomic mass is 16.5. The van der Waals surface area contributed by atoms with Crippen LogP contribution in [0.25, 0.3) is 0 Å². The molecule has 2 aromatic heterocycles. The van der Waals surface area contributed by atoms with Crippen LogP contribution in [0, 0.1) is 23.2 Å². The third-order valence-corrected chi connectivity index (χ3v) is 4.36. The second kappa shape index (κ2) is 8.76. The molecule has 2 heterocycles. The summed E-state index contributed by atoms with van der Waals surface area (Å²) in [6, 6.07) is 3.81. The van der Waals surface area contributed by atoms with Crippen molar-refractivity contribution in [3.63, 3.8) is 0 Å². The van der Waals surface area contributed by atoms with Crippen LogP contribution >= 0.6 is 0 Å². The molecule has 0 bridgehead atoms. The SMILES string of the molecule is CNc1cc(Nc2cnc(C#N)c(OC3CCCC3)n2)ncc1C#CC(C)(C)O. The molecule has 0 spiro atoms. The van der Waals surface area contributed by atoms with Gasteiger partial charge in [0, 0.05) is 19.3 Å². The smallest absolute Gasteiger partial charge is 0.253 e.